The van der Waals surface area contributed by atoms with Crippen molar-refractivity contribution in [2.45, 2.75) is 50.0 Å². The van der Waals surface area contributed by atoms with Crippen molar-refractivity contribution >= 4 is 33.8 Å². The van der Waals surface area contributed by atoms with Gasteiger partial charge in [0.15, 0.2) is 11.5 Å². The van der Waals surface area contributed by atoms with Gasteiger partial charge in [0.25, 0.3) is 0 Å². The highest BCUT2D eigenvalue weighted by atomic mass is 16.5. The first-order chi connectivity index (χ1) is 20.7. The van der Waals surface area contributed by atoms with Crippen molar-refractivity contribution in [1.29, 1.82) is 0 Å². The highest BCUT2D eigenvalue weighted by Crippen LogP contribution is 2.38. The fourth-order valence-electron chi connectivity index (χ4n) is 5.59. The van der Waals surface area contributed by atoms with E-state index in [9.17, 15) is 0 Å². The first-order valence-electron chi connectivity index (χ1n) is 14.6. The summed E-state index contributed by atoms with van der Waals surface area (Å²) in [6.45, 7) is 0. The van der Waals surface area contributed by atoms with Crippen LogP contribution in [0.4, 0.5) is 0 Å². The number of amidine groups is 1. The topological polar surface area (TPSA) is 111 Å². The van der Waals surface area contributed by atoms with Gasteiger partial charge in [-0.25, -0.2) is 4.99 Å². The third kappa shape index (κ3) is 5.07. The number of hydrogen-bond acceptors (Lipinski definition) is 7. The van der Waals surface area contributed by atoms with Gasteiger partial charge in [0, 0.05) is 34.5 Å². The van der Waals surface area contributed by atoms with Gasteiger partial charge in [-0.15, -0.1) is 0 Å². The largest absolute Gasteiger partial charge is 0.493 e. The van der Waals surface area contributed by atoms with E-state index >= 15 is 0 Å². The summed E-state index contributed by atoms with van der Waals surface area (Å²) in [5, 5.41) is 12.5. The van der Waals surface area contributed by atoms with E-state index in [0.717, 1.165) is 53.7 Å². The zero-order valence-electron chi connectivity index (χ0n) is 23.4. The van der Waals surface area contributed by atoms with Crippen LogP contribution in [0.5, 0.6) is 11.5 Å². The van der Waals surface area contributed by atoms with Gasteiger partial charge in [0.05, 0.1) is 13.0 Å². The maximum absolute atomic E-state index is 6.32. The lowest BCUT2D eigenvalue weighted by atomic mass is 9.92. The fourth-order valence-corrected chi connectivity index (χ4v) is 5.59. The van der Waals surface area contributed by atoms with Crippen molar-refractivity contribution in [3.8, 4) is 11.5 Å². The molecule has 2 saturated carbocycles. The van der Waals surface area contributed by atoms with E-state index in [1.54, 1.807) is 7.11 Å². The Bertz CT molecular complexity index is 1690. The van der Waals surface area contributed by atoms with Crippen LogP contribution in [0.2, 0.25) is 0 Å². The number of nitrogens with one attached hydrogen (secondary N) is 5. The first kappa shape index (κ1) is 25.0. The van der Waals surface area contributed by atoms with Crippen LogP contribution in [-0.4, -0.2) is 47.4 Å². The van der Waals surface area contributed by atoms with Crippen LogP contribution >= 0.6 is 0 Å². The third-order valence-corrected chi connectivity index (χ3v) is 8.05. The lowest BCUT2D eigenvalue weighted by molar-refractivity contribution is 0.385. The van der Waals surface area contributed by atoms with Crippen LogP contribution in [0, 0.1) is 0 Å². The molecule has 3 heterocycles. The molecule has 5 aromatic rings. The molecule has 0 amide bonds. The molecule has 8 rings (SSSR count). The average Bonchev–Trinajstić information content (AvgIpc) is 3.91. The number of hydrogen-bond donors (Lipinski definition) is 5. The SMILES string of the molecule is COc1cc(C(c2cc3ccccc3[nH]2)c2cc3ccccc3[nH]2)ccc1OC1=NC(NC2CC2)N=C(NC2CC2)N1. The molecular weight excluding hydrogens is 526 g/mol. The first-order valence-corrected chi connectivity index (χ1v) is 14.6. The van der Waals surface area contributed by atoms with E-state index < -0.39 is 0 Å². The Hall–Kier alpha value is -4.76. The molecule has 1 atom stereocenters. The smallest absolute Gasteiger partial charge is 0.300 e. The summed E-state index contributed by atoms with van der Waals surface area (Å²) in [5.41, 5.74) is 5.47. The summed E-state index contributed by atoms with van der Waals surface area (Å²) in [4.78, 5) is 16.7. The minimum Gasteiger partial charge on any atom is -0.493 e. The van der Waals surface area contributed by atoms with Gasteiger partial charge in [0.2, 0.25) is 12.2 Å². The summed E-state index contributed by atoms with van der Waals surface area (Å²) in [6.07, 6.45) is 4.23. The molecule has 3 aliphatic rings. The number of H-pyrrole nitrogens is 2. The summed E-state index contributed by atoms with van der Waals surface area (Å²) in [7, 11) is 1.67. The van der Waals surface area contributed by atoms with Crippen LogP contribution in [0.1, 0.15) is 48.6 Å². The second-order valence-electron chi connectivity index (χ2n) is 11.3. The van der Waals surface area contributed by atoms with Gasteiger partial charge in [0.1, 0.15) is 0 Å². The lowest BCUT2D eigenvalue weighted by Gasteiger charge is -2.23. The summed E-state index contributed by atoms with van der Waals surface area (Å²) in [5.74, 6) is 1.82. The Morgan fingerprint density at radius 1 is 0.762 bits per heavy atom. The Balaban J connectivity index is 1.14. The molecule has 2 aromatic heterocycles. The number of aliphatic imine (C=N–C) groups is 2. The molecule has 0 spiro atoms. The molecule has 9 heteroatoms. The number of guanidine groups is 1. The zero-order valence-corrected chi connectivity index (χ0v) is 23.4. The molecular formula is C33H33N7O2. The summed E-state index contributed by atoms with van der Waals surface area (Å²) >= 11 is 0. The minimum atomic E-state index is -0.381. The molecule has 0 bridgehead atoms. The van der Waals surface area contributed by atoms with E-state index in [0.29, 0.717) is 35.6 Å². The van der Waals surface area contributed by atoms with Crippen molar-refractivity contribution in [2.75, 3.05) is 7.11 Å². The van der Waals surface area contributed by atoms with Crippen LogP contribution in [-0.2, 0) is 0 Å². The molecule has 2 fully saturated rings. The van der Waals surface area contributed by atoms with Crippen molar-refractivity contribution < 1.29 is 9.47 Å². The predicted molar refractivity (Wildman–Crippen MR) is 165 cm³/mol. The number of fused-ring (bicyclic) bond motifs is 2. The maximum Gasteiger partial charge on any atom is 0.300 e. The van der Waals surface area contributed by atoms with Crippen molar-refractivity contribution in [2.24, 2.45) is 9.98 Å². The van der Waals surface area contributed by atoms with Crippen molar-refractivity contribution in [3.05, 3.63) is 95.8 Å². The van der Waals surface area contributed by atoms with E-state index in [4.69, 9.17) is 19.5 Å². The average molecular weight is 560 g/mol. The number of rotatable bonds is 8. The molecule has 2 aliphatic carbocycles. The highest BCUT2D eigenvalue weighted by Gasteiger charge is 2.30. The Morgan fingerprint density at radius 3 is 2.05 bits per heavy atom. The van der Waals surface area contributed by atoms with E-state index in [2.05, 4.69) is 98.7 Å². The fraction of sp³-hybridized carbons (Fsp3) is 0.273. The quantitative estimate of drug-likeness (QED) is 0.177. The number of aromatic nitrogens is 2. The number of nitrogens with zero attached hydrogens (tertiary/aromatic N) is 2. The molecule has 212 valence electrons. The van der Waals surface area contributed by atoms with E-state index in [1.807, 2.05) is 6.07 Å². The monoisotopic (exact) mass is 559 g/mol. The second-order valence-corrected chi connectivity index (χ2v) is 11.3. The normalized spacial score (nSPS) is 18.6. The molecule has 3 aromatic carbocycles. The molecule has 5 N–H and O–H groups in total. The van der Waals surface area contributed by atoms with Crippen LogP contribution in [0.3, 0.4) is 0 Å². The zero-order chi connectivity index (χ0) is 28.0. The summed E-state index contributed by atoms with van der Waals surface area (Å²) in [6, 6.07) is 28.6. The number of methoxy groups -OCH3 is 1. The molecule has 1 unspecified atom stereocenters. The van der Waals surface area contributed by atoms with Crippen LogP contribution < -0.4 is 25.4 Å². The number of benzene rings is 3. The van der Waals surface area contributed by atoms with Gasteiger partial charge in [-0.05, 0) is 78.4 Å². The minimum absolute atomic E-state index is 0.0773. The van der Waals surface area contributed by atoms with Gasteiger partial charge in [-0.3, -0.25) is 10.6 Å². The van der Waals surface area contributed by atoms with Crippen LogP contribution in [0.15, 0.2) is 88.8 Å². The second kappa shape index (κ2) is 10.3. The van der Waals surface area contributed by atoms with Crippen LogP contribution in [0.25, 0.3) is 21.8 Å². The Labute approximate surface area is 243 Å². The van der Waals surface area contributed by atoms with E-state index in [-0.39, 0.29) is 12.2 Å². The molecule has 0 saturated heterocycles. The third-order valence-electron chi connectivity index (χ3n) is 8.05. The summed E-state index contributed by atoms with van der Waals surface area (Å²) < 4.78 is 12.2. The maximum atomic E-state index is 6.32. The molecule has 9 nitrogen and oxygen atoms in total. The highest BCUT2D eigenvalue weighted by molar-refractivity contribution is 5.98. The molecule has 0 radical (unpaired) electrons. The van der Waals surface area contributed by atoms with Gasteiger partial charge < -0.3 is 24.8 Å². The van der Waals surface area contributed by atoms with Gasteiger partial charge in [-0.2, -0.15) is 4.99 Å². The molecule has 1 aliphatic heterocycles. The molecule has 42 heavy (non-hydrogen) atoms. The standard InChI is InChI=1S/C33H33N7O2/c1-41-29-18-21(10-15-28(29)42-33-39-31(34-22-11-12-22)38-32(40-33)35-23-13-14-23)30(26-16-19-6-2-4-8-24(19)36-26)27-17-20-7-3-5-9-25(20)37-27/h2-10,15-18,22-23,30-31,34,36-37H,11-14H2,1H3,(H2,35,38,39,40). The Kier molecular flexibility index (Phi) is 6.10. The van der Waals surface area contributed by atoms with Gasteiger partial charge in [-0.1, -0.05) is 42.5 Å². The van der Waals surface area contributed by atoms with Crippen molar-refractivity contribution in [1.82, 2.24) is 25.9 Å². The number of para-hydroxylation sites is 2. The number of ether oxygens (including phenoxy) is 2. The Morgan fingerprint density at radius 2 is 1.43 bits per heavy atom. The van der Waals surface area contributed by atoms with E-state index in [1.165, 1.54) is 10.8 Å². The van der Waals surface area contributed by atoms with Crippen molar-refractivity contribution in [3.63, 3.8) is 0 Å². The lowest BCUT2D eigenvalue weighted by Crippen LogP contribution is -2.50. The van der Waals surface area contributed by atoms with Gasteiger partial charge >= 0.3 is 6.02 Å². The number of aromatic amines is 2. The predicted octanol–water partition coefficient (Wildman–Crippen LogP) is 5.32.